The molecular weight excluding hydrogens is 480 g/mol. The van der Waals surface area contributed by atoms with Crippen molar-refractivity contribution in [2.24, 2.45) is 0 Å². The quantitative estimate of drug-likeness (QED) is 0.438. The molecule has 1 saturated heterocycles. The molecule has 0 saturated carbocycles. The van der Waals surface area contributed by atoms with Crippen LogP contribution in [0.15, 0.2) is 63.1 Å². The molecule has 0 bridgehead atoms. The van der Waals surface area contributed by atoms with Crippen LogP contribution in [0.2, 0.25) is 0 Å². The molecule has 180 valence electrons. The summed E-state index contributed by atoms with van der Waals surface area (Å²) >= 11 is 1.10. The van der Waals surface area contributed by atoms with Crippen molar-refractivity contribution >= 4 is 33.4 Å². The van der Waals surface area contributed by atoms with E-state index in [0.717, 1.165) is 11.8 Å². The average Bonchev–Trinajstić information content (AvgIpc) is 3.34. The van der Waals surface area contributed by atoms with Gasteiger partial charge in [-0.3, -0.25) is 4.79 Å². The molecule has 0 aliphatic carbocycles. The van der Waals surface area contributed by atoms with Crippen molar-refractivity contribution in [3.05, 3.63) is 48.5 Å². The standard InChI is InChI=1S/C22H24N4O6S2/c1-2-31-19-6-4-3-5-18(19)23-20(27)15-33-22-25-24-21(32-22)16-7-9-17(10-8-16)34(28,29)26-11-13-30-14-12-26/h3-10H,2,11-15H2,1H3,(H,23,27). The number of nitrogens with one attached hydrogen (secondary N) is 1. The summed E-state index contributed by atoms with van der Waals surface area (Å²) in [5.41, 5.74) is 1.17. The molecule has 0 unspecified atom stereocenters. The average molecular weight is 505 g/mol. The maximum atomic E-state index is 12.7. The number of carbonyl (C=O) groups excluding carboxylic acids is 1. The van der Waals surface area contributed by atoms with Gasteiger partial charge in [-0.25, -0.2) is 8.42 Å². The smallest absolute Gasteiger partial charge is 0.277 e. The van der Waals surface area contributed by atoms with E-state index in [1.54, 1.807) is 24.3 Å². The van der Waals surface area contributed by atoms with Gasteiger partial charge in [0.1, 0.15) is 5.75 Å². The number of hydrogen-bond acceptors (Lipinski definition) is 9. The molecule has 0 atom stereocenters. The Morgan fingerprint density at radius 1 is 1.12 bits per heavy atom. The maximum absolute atomic E-state index is 12.7. The van der Waals surface area contributed by atoms with E-state index in [2.05, 4.69) is 15.5 Å². The fourth-order valence-electron chi connectivity index (χ4n) is 3.26. The van der Waals surface area contributed by atoms with E-state index in [-0.39, 0.29) is 27.7 Å². The number of morpholine rings is 1. The number of nitrogens with zero attached hydrogens (tertiary/aromatic N) is 3. The molecule has 2 aromatic carbocycles. The molecule has 0 spiro atoms. The second-order valence-corrected chi connectivity index (χ2v) is 10.0. The highest BCUT2D eigenvalue weighted by molar-refractivity contribution is 7.99. The lowest BCUT2D eigenvalue weighted by Crippen LogP contribution is -2.40. The van der Waals surface area contributed by atoms with Crippen LogP contribution < -0.4 is 10.1 Å². The molecule has 3 aromatic rings. The van der Waals surface area contributed by atoms with Crippen molar-refractivity contribution in [3.8, 4) is 17.2 Å². The minimum Gasteiger partial charge on any atom is -0.492 e. The van der Waals surface area contributed by atoms with Gasteiger partial charge in [-0.1, -0.05) is 23.9 Å². The zero-order chi connectivity index (χ0) is 24.0. The fraction of sp³-hybridized carbons (Fsp3) is 0.318. The van der Waals surface area contributed by atoms with Crippen molar-refractivity contribution in [1.29, 1.82) is 0 Å². The number of sulfonamides is 1. The Balaban J connectivity index is 1.36. The van der Waals surface area contributed by atoms with Crippen molar-refractivity contribution in [1.82, 2.24) is 14.5 Å². The Labute approximate surface area is 201 Å². The second-order valence-electron chi connectivity index (χ2n) is 7.18. The van der Waals surface area contributed by atoms with Crippen LogP contribution >= 0.6 is 11.8 Å². The van der Waals surface area contributed by atoms with Crippen LogP contribution in [0, 0.1) is 0 Å². The van der Waals surface area contributed by atoms with E-state index in [9.17, 15) is 13.2 Å². The van der Waals surface area contributed by atoms with E-state index in [1.807, 2.05) is 19.1 Å². The van der Waals surface area contributed by atoms with Gasteiger partial charge < -0.3 is 19.2 Å². The SMILES string of the molecule is CCOc1ccccc1NC(=O)CSc1nnc(-c2ccc(S(=O)(=O)N3CCOCC3)cc2)o1. The zero-order valence-corrected chi connectivity index (χ0v) is 20.1. The number of para-hydroxylation sites is 2. The zero-order valence-electron chi connectivity index (χ0n) is 18.5. The monoisotopic (exact) mass is 504 g/mol. The summed E-state index contributed by atoms with van der Waals surface area (Å²) in [6.45, 7) is 3.80. The molecule has 12 heteroatoms. The van der Waals surface area contributed by atoms with Gasteiger partial charge in [0.25, 0.3) is 5.22 Å². The van der Waals surface area contributed by atoms with Gasteiger partial charge in [0.2, 0.25) is 21.8 Å². The maximum Gasteiger partial charge on any atom is 0.277 e. The number of ether oxygens (including phenoxy) is 2. The fourth-order valence-corrected chi connectivity index (χ4v) is 5.23. The molecule has 1 aliphatic heterocycles. The highest BCUT2D eigenvalue weighted by Gasteiger charge is 2.26. The molecular formula is C22H24N4O6S2. The van der Waals surface area contributed by atoms with E-state index in [0.29, 0.717) is 49.9 Å². The summed E-state index contributed by atoms with van der Waals surface area (Å²) < 4.78 is 43.3. The van der Waals surface area contributed by atoms with E-state index >= 15 is 0 Å². The first kappa shape index (κ1) is 24.2. The van der Waals surface area contributed by atoms with Crippen molar-refractivity contribution < 1.29 is 27.1 Å². The molecule has 2 heterocycles. The van der Waals surface area contributed by atoms with Crippen LogP contribution in [-0.4, -0.2) is 67.5 Å². The third kappa shape index (κ3) is 5.76. The van der Waals surface area contributed by atoms with Gasteiger partial charge in [-0.15, -0.1) is 10.2 Å². The van der Waals surface area contributed by atoms with Gasteiger partial charge >= 0.3 is 0 Å². The summed E-state index contributed by atoms with van der Waals surface area (Å²) in [6.07, 6.45) is 0. The lowest BCUT2D eigenvalue weighted by molar-refractivity contribution is -0.113. The van der Waals surface area contributed by atoms with Crippen LogP contribution in [0.5, 0.6) is 5.75 Å². The lowest BCUT2D eigenvalue weighted by Gasteiger charge is -2.26. The number of anilines is 1. The molecule has 1 N–H and O–H groups in total. The highest BCUT2D eigenvalue weighted by atomic mass is 32.2. The minimum absolute atomic E-state index is 0.0683. The third-order valence-electron chi connectivity index (χ3n) is 4.90. The van der Waals surface area contributed by atoms with Gasteiger partial charge in [-0.05, 0) is 43.3 Å². The summed E-state index contributed by atoms with van der Waals surface area (Å²) in [4.78, 5) is 12.5. The van der Waals surface area contributed by atoms with E-state index in [4.69, 9.17) is 13.9 Å². The Kier molecular flexibility index (Phi) is 7.83. The first-order chi connectivity index (χ1) is 16.5. The highest BCUT2D eigenvalue weighted by Crippen LogP contribution is 2.27. The third-order valence-corrected chi connectivity index (χ3v) is 7.63. The number of benzene rings is 2. The molecule has 10 nitrogen and oxygen atoms in total. The van der Waals surface area contributed by atoms with Crippen LogP contribution in [-0.2, 0) is 19.6 Å². The van der Waals surface area contributed by atoms with Crippen LogP contribution in [0.1, 0.15) is 6.92 Å². The van der Waals surface area contributed by atoms with Gasteiger partial charge in [-0.2, -0.15) is 4.31 Å². The Bertz CT molecular complexity index is 1220. The van der Waals surface area contributed by atoms with Crippen LogP contribution in [0.4, 0.5) is 5.69 Å². The number of aromatic nitrogens is 2. The predicted molar refractivity (Wildman–Crippen MR) is 126 cm³/mol. The summed E-state index contributed by atoms with van der Waals surface area (Å²) in [7, 11) is -3.58. The molecule has 34 heavy (non-hydrogen) atoms. The van der Waals surface area contributed by atoms with Crippen molar-refractivity contribution in [3.63, 3.8) is 0 Å². The normalized spacial score (nSPS) is 14.6. The minimum atomic E-state index is -3.58. The largest absolute Gasteiger partial charge is 0.492 e. The van der Waals surface area contributed by atoms with E-state index < -0.39 is 10.0 Å². The van der Waals surface area contributed by atoms with Crippen molar-refractivity contribution in [2.45, 2.75) is 17.0 Å². The molecule has 0 radical (unpaired) electrons. The Morgan fingerprint density at radius 2 is 1.85 bits per heavy atom. The second kappa shape index (κ2) is 11.0. The molecule has 1 amide bonds. The van der Waals surface area contributed by atoms with Gasteiger partial charge in [0, 0.05) is 18.7 Å². The number of carbonyl (C=O) groups is 1. The van der Waals surface area contributed by atoms with Crippen LogP contribution in [0.3, 0.4) is 0 Å². The van der Waals surface area contributed by atoms with Crippen LogP contribution in [0.25, 0.3) is 11.5 Å². The summed E-state index contributed by atoms with van der Waals surface area (Å²) in [5, 5.41) is 11.0. The topological polar surface area (TPSA) is 124 Å². The number of rotatable bonds is 9. The van der Waals surface area contributed by atoms with Gasteiger partial charge in [0.15, 0.2) is 0 Å². The Morgan fingerprint density at radius 3 is 2.59 bits per heavy atom. The first-order valence-corrected chi connectivity index (χ1v) is 13.1. The molecule has 1 fully saturated rings. The van der Waals surface area contributed by atoms with E-state index in [1.165, 1.54) is 16.4 Å². The Hall–Kier alpha value is -2.93. The molecule has 1 aromatic heterocycles. The summed E-state index contributed by atoms with van der Waals surface area (Å²) in [6, 6.07) is 13.5. The van der Waals surface area contributed by atoms with Gasteiger partial charge in [0.05, 0.1) is 36.2 Å². The molecule has 1 aliphatic rings. The number of thioether (sulfide) groups is 1. The summed E-state index contributed by atoms with van der Waals surface area (Å²) in [5.74, 6) is 0.663. The lowest BCUT2D eigenvalue weighted by atomic mass is 10.2. The van der Waals surface area contributed by atoms with Crippen molar-refractivity contribution in [2.75, 3.05) is 44.0 Å². The number of amides is 1. The predicted octanol–water partition coefficient (Wildman–Crippen LogP) is 2.89. The molecule has 4 rings (SSSR count). The number of hydrogen-bond donors (Lipinski definition) is 1. The first-order valence-electron chi connectivity index (χ1n) is 10.6.